The number of imidazole rings is 1. The van der Waals surface area contributed by atoms with Crippen molar-refractivity contribution < 1.29 is 25.2 Å². The zero-order valence-corrected chi connectivity index (χ0v) is 13.1. The van der Waals surface area contributed by atoms with E-state index in [2.05, 4.69) is 20.3 Å². The first-order valence-corrected chi connectivity index (χ1v) is 7.73. The smallest absolute Gasteiger partial charge is 0.167 e. The predicted octanol–water partition coefficient (Wildman–Crippen LogP) is -1.38. The van der Waals surface area contributed by atoms with Gasteiger partial charge in [-0.3, -0.25) is 4.57 Å². The van der Waals surface area contributed by atoms with E-state index < -0.39 is 24.9 Å². The Morgan fingerprint density at radius 1 is 1.33 bits per heavy atom. The summed E-state index contributed by atoms with van der Waals surface area (Å²) in [6, 6.07) is 0. The number of fused-ring (bicyclic) bond motifs is 1. The van der Waals surface area contributed by atoms with Gasteiger partial charge in [0.1, 0.15) is 18.7 Å². The number of aromatic nitrogens is 4. The van der Waals surface area contributed by atoms with Crippen LogP contribution in [0.3, 0.4) is 0 Å². The van der Waals surface area contributed by atoms with Gasteiger partial charge in [0.15, 0.2) is 17.0 Å². The first kappa shape index (κ1) is 17.0. The van der Waals surface area contributed by atoms with Crippen LogP contribution in [0.4, 0.5) is 5.82 Å². The maximum Gasteiger partial charge on any atom is 0.167 e. The average molecular weight is 339 g/mol. The Balaban J connectivity index is 1.79. The SMILES string of the molecule is C[C@H]1O[C@@H](n2cnc3c(NCC(O)C(O)CO)ncnc32)C[C@@H]1O. The van der Waals surface area contributed by atoms with Crippen LogP contribution >= 0.6 is 0 Å². The lowest BCUT2D eigenvalue weighted by Gasteiger charge is -2.16. The van der Waals surface area contributed by atoms with Crippen molar-refractivity contribution in [1.29, 1.82) is 0 Å². The van der Waals surface area contributed by atoms with E-state index in [1.165, 1.54) is 6.33 Å². The minimum atomic E-state index is -1.23. The largest absolute Gasteiger partial charge is 0.394 e. The van der Waals surface area contributed by atoms with Gasteiger partial charge < -0.3 is 30.5 Å². The minimum absolute atomic E-state index is 0.00359. The highest BCUT2D eigenvalue weighted by atomic mass is 16.5. The maximum absolute atomic E-state index is 9.84. The molecule has 0 spiro atoms. The number of hydrogen-bond acceptors (Lipinski definition) is 9. The van der Waals surface area contributed by atoms with E-state index in [1.807, 2.05) is 0 Å². The van der Waals surface area contributed by atoms with Crippen LogP contribution in [-0.2, 0) is 4.74 Å². The number of ether oxygens (including phenoxy) is 1. The topological polar surface area (TPSA) is 146 Å². The zero-order chi connectivity index (χ0) is 17.3. The molecule has 0 saturated carbocycles. The molecule has 0 aliphatic carbocycles. The number of anilines is 1. The van der Waals surface area contributed by atoms with Gasteiger partial charge in [0.2, 0.25) is 0 Å². The van der Waals surface area contributed by atoms with Crippen LogP contribution in [0, 0.1) is 0 Å². The van der Waals surface area contributed by atoms with Gasteiger partial charge in [0.25, 0.3) is 0 Å². The van der Waals surface area contributed by atoms with E-state index in [4.69, 9.17) is 9.84 Å². The third-order valence-corrected chi connectivity index (χ3v) is 4.14. The molecular weight excluding hydrogens is 318 g/mol. The van der Waals surface area contributed by atoms with E-state index in [0.29, 0.717) is 23.4 Å². The number of nitrogens with zero attached hydrogens (tertiary/aromatic N) is 4. The van der Waals surface area contributed by atoms with Crippen molar-refractivity contribution in [2.45, 2.75) is 44.0 Å². The molecule has 10 heteroatoms. The Morgan fingerprint density at radius 3 is 2.79 bits per heavy atom. The fourth-order valence-corrected chi connectivity index (χ4v) is 2.62. The van der Waals surface area contributed by atoms with Crippen molar-refractivity contribution in [2.75, 3.05) is 18.5 Å². The summed E-state index contributed by atoms with van der Waals surface area (Å²) >= 11 is 0. The highest BCUT2D eigenvalue weighted by Gasteiger charge is 2.33. The molecule has 5 N–H and O–H groups in total. The summed E-state index contributed by atoms with van der Waals surface area (Å²) in [6.45, 7) is 1.27. The van der Waals surface area contributed by atoms with Gasteiger partial charge in [-0.1, -0.05) is 0 Å². The molecule has 1 fully saturated rings. The molecule has 1 aliphatic heterocycles. The molecule has 5 atom stereocenters. The lowest BCUT2D eigenvalue weighted by atomic mass is 10.2. The molecule has 132 valence electrons. The van der Waals surface area contributed by atoms with Gasteiger partial charge in [0, 0.05) is 13.0 Å². The fraction of sp³-hybridized carbons (Fsp3) is 0.643. The quantitative estimate of drug-likeness (QED) is 0.430. The van der Waals surface area contributed by atoms with E-state index in [0.717, 1.165) is 0 Å². The second kappa shape index (κ2) is 6.95. The highest BCUT2D eigenvalue weighted by molar-refractivity contribution is 5.82. The van der Waals surface area contributed by atoms with E-state index in [-0.39, 0.29) is 18.9 Å². The number of aliphatic hydroxyl groups is 4. The van der Waals surface area contributed by atoms with Crippen LogP contribution in [0.5, 0.6) is 0 Å². The van der Waals surface area contributed by atoms with Gasteiger partial charge in [-0.05, 0) is 6.92 Å². The van der Waals surface area contributed by atoms with Gasteiger partial charge in [-0.2, -0.15) is 0 Å². The summed E-state index contributed by atoms with van der Waals surface area (Å²) in [5.74, 6) is 0.398. The Hall–Kier alpha value is -1.85. The molecule has 10 nitrogen and oxygen atoms in total. The Bertz CT molecular complexity index is 685. The van der Waals surface area contributed by atoms with Crippen molar-refractivity contribution in [3.63, 3.8) is 0 Å². The third kappa shape index (κ3) is 3.19. The summed E-state index contributed by atoms with van der Waals surface area (Å²) < 4.78 is 7.43. The van der Waals surface area contributed by atoms with Gasteiger partial charge >= 0.3 is 0 Å². The molecule has 0 radical (unpaired) electrons. The van der Waals surface area contributed by atoms with Crippen LogP contribution in [0.2, 0.25) is 0 Å². The zero-order valence-electron chi connectivity index (χ0n) is 13.1. The first-order chi connectivity index (χ1) is 11.5. The van der Waals surface area contributed by atoms with Crippen LogP contribution in [-0.4, -0.2) is 77.5 Å². The average Bonchev–Trinajstić information content (AvgIpc) is 3.15. The molecule has 1 saturated heterocycles. The summed E-state index contributed by atoms with van der Waals surface area (Å²) in [7, 11) is 0. The van der Waals surface area contributed by atoms with Crippen LogP contribution < -0.4 is 5.32 Å². The van der Waals surface area contributed by atoms with Crippen molar-refractivity contribution in [1.82, 2.24) is 19.5 Å². The summed E-state index contributed by atoms with van der Waals surface area (Å²) in [5.41, 5.74) is 1.02. The molecule has 1 aliphatic rings. The second-order valence-corrected chi connectivity index (χ2v) is 5.84. The molecule has 2 aromatic rings. The van der Waals surface area contributed by atoms with Crippen LogP contribution in [0.25, 0.3) is 11.2 Å². The maximum atomic E-state index is 9.84. The van der Waals surface area contributed by atoms with Crippen LogP contribution in [0.1, 0.15) is 19.6 Å². The summed E-state index contributed by atoms with van der Waals surface area (Å²) in [4.78, 5) is 12.6. The highest BCUT2D eigenvalue weighted by Crippen LogP contribution is 2.31. The second-order valence-electron chi connectivity index (χ2n) is 5.84. The molecule has 2 aromatic heterocycles. The molecule has 0 bridgehead atoms. The lowest BCUT2D eigenvalue weighted by Crippen LogP contribution is -2.35. The number of rotatable bonds is 6. The lowest BCUT2D eigenvalue weighted by molar-refractivity contribution is -0.00704. The summed E-state index contributed by atoms with van der Waals surface area (Å²) in [5, 5.41) is 40.6. The fourth-order valence-electron chi connectivity index (χ4n) is 2.62. The van der Waals surface area contributed by atoms with Gasteiger partial charge in [-0.25, -0.2) is 15.0 Å². The number of nitrogens with one attached hydrogen (secondary N) is 1. The standard InChI is InChI=1S/C14H21N5O5/c1-7-8(21)2-11(24-7)19-6-18-12-13(16-5-17-14(12)19)15-3-9(22)10(23)4-20/h5-11,20-23H,2-4H2,1H3,(H,15,16,17)/t7-,8+,9?,10?,11-/m1/s1. The van der Waals surface area contributed by atoms with Crippen molar-refractivity contribution in [3.05, 3.63) is 12.7 Å². The van der Waals surface area contributed by atoms with Gasteiger partial charge in [-0.15, -0.1) is 0 Å². The Labute approximate surface area is 137 Å². The minimum Gasteiger partial charge on any atom is -0.394 e. The molecular formula is C14H21N5O5. The monoisotopic (exact) mass is 339 g/mol. The number of hydrogen-bond donors (Lipinski definition) is 5. The van der Waals surface area contributed by atoms with Crippen molar-refractivity contribution >= 4 is 17.0 Å². The van der Waals surface area contributed by atoms with E-state index in [9.17, 15) is 15.3 Å². The van der Waals surface area contributed by atoms with E-state index >= 15 is 0 Å². The molecule has 0 aromatic carbocycles. The summed E-state index contributed by atoms with van der Waals surface area (Å²) in [6.07, 6.45) is -0.168. The van der Waals surface area contributed by atoms with Crippen molar-refractivity contribution in [3.8, 4) is 0 Å². The molecule has 0 amide bonds. The van der Waals surface area contributed by atoms with Crippen molar-refractivity contribution in [2.24, 2.45) is 0 Å². The van der Waals surface area contributed by atoms with E-state index in [1.54, 1.807) is 17.8 Å². The molecule has 3 heterocycles. The molecule has 2 unspecified atom stereocenters. The first-order valence-electron chi connectivity index (χ1n) is 7.73. The molecule has 24 heavy (non-hydrogen) atoms. The molecule has 3 rings (SSSR count). The number of aliphatic hydroxyl groups excluding tert-OH is 4. The Kier molecular flexibility index (Phi) is 4.92. The van der Waals surface area contributed by atoms with Gasteiger partial charge in [0.05, 0.1) is 31.2 Å². The third-order valence-electron chi connectivity index (χ3n) is 4.14. The van der Waals surface area contributed by atoms with Crippen LogP contribution in [0.15, 0.2) is 12.7 Å². The Morgan fingerprint density at radius 2 is 2.12 bits per heavy atom. The normalized spacial score (nSPS) is 26.6. The predicted molar refractivity (Wildman–Crippen MR) is 83.1 cm³/mol.